The fourth-order valence-electron chi connectivity index (χ4n) is 9.55. The quantitative estimate of drug-likeness (QED) is 0.0230. The molecule has 4 aromatic heterocycles. The molecule has 2 fully saturated rings. The van der Waals surface area contributed by atoms with Gasteiger partial charge in [-0.05, 0) is 106 Å². The summed E-state index contributed by atoms with van der Waals surface area (Å²) in [7, 11) is 3.57. The number of aliphatic hydroxyl groups excluding tert-OH is 1. The molecular weight excluding hydrogens is 1070 g/mol. The summed E-state index contributed by atoms with van der Waals surface area (Å²) in [5.41, 5.74) is 10.9. The van der Waals surface area contributed by atoms with Gasteiger partial charge in [-0.3, -0.25) is 9.59 Å². The molecule has 5 heterocycles. The smallest absolute Gasteiger partial charge is 0.258 e. The Morgan fingerprint density at radius 3 is 2.33 bits per heavy atom. The van der Waals surface area contributed by atoms with Gasteiger partial charge in [0, 0.05) is 87.1 Å². The minimum Gasteiger partial charge on any atom is -0.486 e. The average molecular weight is 1150 g/mol. The maximum atomic E-state index is 15.1. The topological polar surface area (TPSA) is 238 Å². The summed E-state index contributed by atoms with van der Waals surface area (Å²) >= 11 is 0. The van der Waals surface area contributed by atoms with Gasteiger partial charge in [-0.1, -0.05) is 25.1 Å². The van der Waals surface area contributed by atoms with Crippen LogP contribution in [-0.2, 0) is 36.7 Å². The number of anilines is 4. The zero-order valence-electron chi connectivity index (χ0n) is 48.0. The maximum absolute atomic E-state index is 15.1. The third-order valence-electron chi connectivity index (χ3n) is 14.5. The lowest BCUT2D eigenvalue weighted by atomic mass is 9.99. The number of piperidine rings is 1. The third-order valence-corrected chi connectivity index (χ3v) is 14.5. The summed E-state index contributed by atoms with van der Waals surface area (Å²) in [5.74, 6) is 0.411. The number of ether oxygens (including phenoxy) is 6. The van der Waals surface area contributed by atoms with Crippen LogP contribution in [0.3, 0.4) is 0 Å². The van der Waals surface area contributed by atoms with Crippen LogP contribution >= 0.6 is 0 Å². The lowest BCUT2D eigenvalue weighted by Crippen LogP contribution is -2.40. The molecule has 2 aromatic carbocycles. The monoisotopic (exact) mass is 1150 g/mol. The number of rotatable bonds is 34. The first-order valence-electron chi connectivity index (χ1n) is 28.5. The summed E-state index contributed by atoms with van der Waals surface area (Å²) < 4.78 is 66.3. The lowest BCUT2D eigenvalue weighted by molar-refractivity contribution is -0.125. The van der Waals surface area contributed by atoms with Gasteiger partial charge in [0.05, 0.1) is 71.2 Å². The normalized spacial score (nSPS) is 14.5. The zero-order valence-corrected chi connectivity index (χ0v) is 48.0. The minimum absolute atomic E-state index is 0.00256. The van der Waals surface area contributed by atoms with E-state index in [2.05, 4.69) is 48.6 Å². The molecule has 0 radical (unpaired) electrons. The van der Waals surface area contributed by atoms with Gasteiger partial charge in [-0.2, -0.15) is 9.61 Å². The number of nitrogen functional groups attached to an aromatic ring is 1. The van der Waals surface area contributed by atoms with Crippen molar-refractivity contribution >= 4 is 40.6 Å². The Labute approximate surface area is 483 Å². The molecule has 83 heavy (non-hydrogen) atoms. The van der Waals surface area contributed by atoms with Crippen molar-refractivity contribution < 1.29 is 51.9 Å². The average Bonchev–Trinajstić information content (AvgIpc) is 4.41. The number of pyridine rings is 1. The highest BCUT2D eigenvalue weighted by Crippen LogP contribution is 2.41. The molecule has 446 valence electrons. The number of fused-ring (bicyclic) bond motifs is 1. The van der Waals surface area contributed by atoms with Crippen molar-refractivity contribution in [3.63, 3.8) is 0 Å². The number of aryl methyl sites for hydroxylation is 1. The Morgan fingerprint density at radius 1 is 0.855 bits per heavy atom. The second-order valence-electron chi connectivity index (χ2n) is 20.6. The molecule has 1 atom stereocenters. The van der Waals surface area contributed by atoms with Crippen molar-refractivity contribution in [1.29, 1.82) is 0 Å². The largest absolute Gasteiger partial charge is 0.486 e. The molecule has 21 nitrogen and oxygen atoms in total. The van der Waals surface area contributed by atoms with Crippen LogP contribution in [0.1, 0.15) is 84.0 Å². The van der Waals surface area contributed by atoms with Crippen LogP contribution in [0.25, 0.3) is 16.9 Å². The van der Waals surface area contributed by atoms with Crippen LogP contribution in [0.5, 0.6) is 11.6 Å². The summed E-state index contributed by atoms with van der Waals surface area (Å²) in [6.07, 6.45) is 15.0. The number of halogens is 2. The molecule has 0 bridgehead atoms. The Bertz CT molecular complexity index is 3090. The number of nitrogens with zero attached hydrogens (tertiary/aromatic N) is 9. The van der Waals surface area contributed by atoms with Gasteiger partial charge in [0.1, 0.15) is 48.5 Å². The number of hydrogen-bond acceptors (Lipinski definition) is 18. The van der Waals surface area contributed by atoms with E-state index in [0.29, 0.717) is 96.5 Å². The number of amides is 2. The van der Waals surface area contributed by atoms with Crippen LogP contribution in [0, 0.1) is 18.6 Å². The highest BCUT2D eigenvalue weighted by Gasteiger charge is 2.27. The molecule has 1 saturated carbocycles. The van der Waals surface area contributed by atoms with Crippen LogP contribution in [-0.4, -0.2) is 175 Å². The molecule has 1 saturated heterocycles. The number of likely N-dealkylation sites (N-methyl/N-ethyl adjacent to an activating group) is 2. The first kappa shape index (κ1) is 61.7. The van der Waals surface area contributed by atoms with Crippen molar-refractivity contribution in [2.24, 2.45) is 0 Å². The standard InChI is InChI=1S/C60H78F2N12O9/c1-5-43-39-68-74-52(36-53(70-59(43)74)73-19-7-6-9-47(73)17-22-75)64-37-42-11-16-54(65-38-42)82-32-31-81-30-29-80-28-27-79-26-25-78-23-20-71(3)18-8-10-55(76)72(4)21-24-83-57-56(66-40-67-58(57)63)49-34-46(61)35-51(41(49)2)69-60(77)48-15-14-45(33-50(48)62)44-12-13-44/h8,10-11,14-16,33-36,38-40,44,47,64,75H,5-7,9,12-13,17-32,37H2,1-4H3,(H,69,77)(H2,63,66,67)/b10-8+/t47-/m0/s1. The van der Waals surface area contributed by atoms with E-state index in [4.69, 9.17) is 39.1 Å². The molecule has 2 amide bonds. The van der Waals surface area contributed by atoms with E-state index in [1.165, 1.54) is 35.5 Å². The lowest BCUT2D eigenvalue weighted by Gasteiger charge is -2.36. The van der Waals surface area contributed by atoms with E-state index in [9.17, 15) is 19.1 Å². The molecule has 6 aromatic rings. The van der Waals surface area contributed by atoms with Crippen molar-refractivity contribution in [2.45, 2.75) is 77.3 Å². The van der Waals surface area contributed by atoms with Crippen molar-refractivity contribution in [3.05, 3.63) is 119 Å². The number of benzene rings is 2. The number of carbonyl (C=O) groups excluding carboxylic acids is 2. The number of aliphatic hydroxyl groups is 1. The van der Waals surface area contributed by atoms with Gasteiger partial charge in [-0.15, -0.1) is 0 Å². The molecule has 5 N–H and O–H groups in total. The molecule has 0 spiro atoms. The van der Waals surface area contributed by atoms with Gasteiger partial charge < -0.3 is 64.6 Å². The second-order valence-corrected chi connectivity index (χ2v) is 20.6. The van der Waals surface area contributed by atoms with Crippen molar-refractivity contribution in [3.8, 4) is 22.9 Å². The van der Waals surface area contributed by atoms with E-state index in [1.54, 1.807) is 32.3 Å². The van der Waals surface area contributed by atoms with E-state index in [1.807, 2.05) is 34.8 Å². The number of hydrogen-bond donors (Lipinski definition) is 4. The Kier molecular flexibility index (Phi) is 23.3. The highest BCUT2D eigenvalue weighted by atomic mass is 19.1. The predicted molar refractivity (Wildman–Crippen MR) is 312 cm³/mol. The Morgan fingerprint density at radius 2 is 1.61 bits per heavy atom. The maximum Gasteiger partial charge on any atom is 0.258 e. The predicted octanol–water partition coefficient (Wildman–Crippen LogP) is 7.27. The molecule has 0 unspecified atom stereocenters. The Balaban J connectivity index is 0.634. The van der Waals surface area contributed by atoms with Crippen molar-refractivity contribution in [2.75, 3.05) is 134 Å². The fourth-order valence-corrected chi connectivity index (χ4v) is 9.55. The summed E-state index contributed by atoms with van der Waals surface area (Å²) in [5, 5.41) is 20.5. The van der Waals surface area contributed by atoms with Gasteiger partial charge in [0.25, 0.3) is 5.91 Å². The molecule has 1 aliphatic carbocycles. The fraction of sp³-hybridized carbons (Fsp3) is 0.483. The van der Waals surface area contributed by atoms with Gasteiger partial charge in [-0.25, -0.2) is 28.7 Å². The molecule has 23 heteroatoms. The van der Waals surface area contributed by atoms with Crippen LogP contribution in [0.2, 0.25) is 0 Å². The minimum atomic E-state index is -0.717. The van der Waals surface area contributed by atoms with Crippen LogP contribution < -0.4 is 30.7 Å². The number of aromatic nitrogens is 6. The van der Waals surface area contributed by atoms with Gasteiger partial charge >= 0.3 is 0 Å². The SMILES string of the molecule is CCc1cnn2c(NCc3ccc(OCCOCCOCCOCCOCCN(C)C/C=C/C(=O)N(C)CCOc4c(N)ncnc4-c4cc(F)cc(NC(=O)c5ccc(C6CC6)cc5F)c4C)nc3)cc(N3CCCC[C@H]3CCO)nc12. The summed E-state index contributed by atoms with van der Waals surface area (Å²) in [6, 6.07) is 13.1. The Hall–Kier alpha value is -7.41. The first-order chi connectivity index (χ1) is 40.4. The highest BCUT2D eigenvalue weighted by molar-refractivity contribution is 6.05. The van der Waals surface area contributed by atoms with E-state index >= 15 is 4.39 Å². The van der Waals surface area contributed by atoms with Gasteiger partial charge in [0.2, 0.25) is 11.8 Å². The molecule has 2 aliphatic rings. The number of nitrogens with one attached hydrogen (secondary N) is 2. The van der Waals surface area contributed by atoms with E-state index in [0.717, 1.165) is 91.5 Å². The van der Waals surface area contributed by atoms with E-state index < -0.39 is 17.5 Å². The zero-order chi connectivity index (χ0) is 58.5. The van der Waals surface area contributed by atoms with Crippen molar-refractivity contribution in [1.82, 2.24) is 39.3 Å². The molecular formula is C60H78F2N12O9. The second kappa shape index (κ2) is 31.3. The van der Waals surface area contributed by atoms with Gasteiger partial charge in [0.15, 0.2) is 17.2 Å². The molecule has 8 rings (SSSR count). The van der Waals surface area contributed by atoms with E-state index in [-0.39, 0.29) is 65.8 Å². The third kappa shape index (κ3) is 17.8. The summed E-state index contributed by atoms with van der Waals surface area (Å²) in [4.78, 5) is 49.8. The van der Waals surface area contributed by atoms with Crippen LogP contribution in [0.15, 0.2) is 79.4 Å². The number of carbonyl (C=O) groups is 2. The van der Waals surface area contributed by atoms with Crippen LogP contribution in [0.4, 0.5) is 31.9 Å². The number of nitrogens with two attached hydrogens (primary N) is 1. The summed E-state index contributed by atoms with van der Waals surface area (Å²) in [6.45, 7) is 10.6. The first-order valence-corrected chi connectivity index (χ1v) is 28.5. The molecule has 1 aliphatic heterocycles.